The molecule has 1 aromatic carbocycles. The number of benzene rings is 1. The molecule has 0 N–H and O–H groups in total. The Morgan fingerprint density at radius 1 is 1.00 bits per heavy atom. The van der Waals surface area contributed by atoms with E-state index in [-0.39, 0.29) is 18.2 Å². The molecule has 1 aliphatic rings. The minimum Gasteiger partial charge on any atom is -0.367 e. The molecule has 1 saturated heterocycles. The van der Waals surface area contributed by atoms with Gasteiger partial charge < -0.3 is 4.90 Å². The molecular formula is C22H27ClFN5. The third-order valence-electron chi connectivity index (χ3n) is 5.66. The fourth-order valence-electron chi connectivity index (χ4n) is 3.90. The van der Waals surface area contributed by atoms with Crippen molar-refractivity contribution in [1.82, 2.24) is 19.7 Å². The number of nitrogens with zero attached hydrogens (tertiary/aromatic N) is 5. The summed E-state index contributed by atoms with van der Waals surface area (Å²) in [5.74, 6) is -0.226. The van der Waals surface area contributed by atoms with Crippen LogP contribution in [0.25, 0.3) is 11.3 Å². The van der Waals surface area contributed by atoms with E-state index in [9.17, 15) is 4.39 Å². The number of piperazine rings is 1. The van der Waals surface area contributed by atoms with Gasteiger partial charge in [0, 0.05) is 62.8 Å². The van der Waals surface area contributed by atoms with Gasteiger partial charge in [-0.15, -0.1) is 12.4 Å². The van der Waals surface area contributed by atoms with Gasteiger partial charge in [-0.25, -0.2) is 4.39 Å². The Bertz CT molecular complexity index is 962. The predicted molar refractivity (Wildman–Crippen MR) is 117 cm³/mol. The standard InChI is InChI=1S/C22H26FN5.ClH/c1-16-20(17(2)26(3)25-16)15-27-11-13-28(14-12-27)21-5-4-10-24-22(21)18-6-8-19(23)9-7-18;/h4-10H,11-15H2,1-3H3;1H. The van der Waals surface area contributed by atoms with Gasteiger partial charge in [0.1, 0.15) is 5.82 Å². The van der Waals surface area contributed by atoms with E-state index in [2.05, 4.69) is 39.8 Å². The van der Waals surface area contributed by atoms with Gasteiger partial charge in [0.15, 0.2) is 0 Å². The average Bonchev–Trinajstić information content (AvgIpc) is 2.95. The molecule has 5 nitrogen and oxygen atoms in total. The van der Waals surface area contributed by atoms with E-state index in [0.29, 0.717) is 0 Å². The SMILES string of the molecule is Cc1nn(C)c(C)c1CN1CCN(c2cccnc2-c2ccc(F)cc2)CC1.Cl. The summed E-state index contributed by atoms with van der Waals surface area (Å²) in [6.45, 7) is 9.03. The van der Waals surface area contributed by atoms with Gasteiger partial charge in [-0.2, -0.15) is 5.10 Å². The fourth-order valence-corrected chi connectivity index (χ4v) is 3.90. The van der Waals surface area contributed by atoms with Crippen molar-refractivity contribution in [3.05, 3.63) is 65.4 Å². The Kier molecular flexibility index (Phi) is 6.55. The van der Waals surface area contributed by atoms with Crippen LogP contribution in [-0.2, 0) is 13.6 Å². The largest absolute Gasteiger partial charge is 0.367 e. The summed E-state index contributed by atoms with van der Waals surface area (Å²) in [5.41, 5.74) is 6.67. The molecule has 2 aromatic heterocycles. The smallest absolute Gasteiger partial charge is 0.123 e. The van der Waals surface area contributed by atoms with Crippen molar-refractivity contribution < 1.29 is 4.39 Å². The Morgan fingerprint density at radius 3 is 2.31 bits per heavy atom. The molecule has 0 saturated carbocycles. The van der Waals surface area contributed by atoms with E-state index in [4.69, 9.17) is 0 Å². The molecule has 1 fully saturated rings. The summed E-state index contributed by atoms with van der Waals surface area (Å²) < 4.78 is 15.3. The number of hydrogen-bond donors (Lipinski definition) is 0. The molecule has 154 valence electrons. The zero-order valence-corrected chi connectivity index (χ0v) is 17.9. The lowest BCUT2D eigenvalue weighted by Crippen LogP contribution is -2.46. The number of halogens is 2. The lowest BCUT2D eigenvalue weighted by atomic mass is 10.1. The van der Waals surface area contributed by atoms with E-state index in [1.165, 1.54) is 23.4 Å². The quantitative estimate of drug-likeness (QED) is 0.645. The monoisotopic (exact) mass is 415 g/mol. The van der Waals surface area contributed by atoms with E-state index in [0.717, 1.165) is 55.4 Å². The molecule has 0 bridgehead atoms. The van der Waals surface area contributed by atoms with Gasteiger partial charge in [-0.05, 0) is 50.2 Å². The Hall–Kier alpha value is -2.44. The highest BCUT2D eigenvalue weighted by molar-refractivity contribution is 5.85. The van der Waals surface area contributed by atoms with Crippen molar-refractivity contribution in [2.75, 3.05) is 31.1 Å². The number of hydrogen-bond acceptors (Lipinski definition) is 4. The maximum absolute atomic E-state index is 13.3. The van der Waals surface area contributed by atoms with Crippen LogP contribution in [0.1, 0.15) is 17.0 Å². The summed E-state index contributed by atoms with van der Waals surface area (Å²) in [7, 11) is 2.00. The van der Waals surface area contributed by atoms with Crippen molar-refractivity contribution in [1.29, 1.82) is 0 Å². The van der Waals surface area contributed by atoms with Gasteiger partial charge in [0.25, 0.3) is 0 Å². The maximum Gasteiger partial charge on any atom is 0.123 e. The van der Waals surface area contributed by atoms with Crippen molar-refractivity contribution in [3.63, 3.8) is 0 Å². The molecule has 29 heavy (non-hydrogen) atoms. The number of pyridine rings is 1. The van der Waals surface area contributed by atoms with E-state index in [1.54, 1.807) is 18.3 Å². The second kappa shape index (κ2) is 8.93. The van der Waals surface area contributed by atoms with Gasteiger partial charge in [0.2, 0.25) is 0 Å². The summed E-state index contributed by atoms with van der Waals surface area (Å²) in [4.78, 5) is 9.45. The molecule has 0 aliphatic carbocycles. The minimum absolute atomic E-state index is 0. The number of aryl methyl sites for hydroxylation is 2. The molecule has 3 aromatic rings. The molecule has 3 heterocycles. The van der Waals surface area contributed by atoms with Crippen LogP contribution < -0.4 is 4.90 Å². The van der Waals surface area contributed by atoms with Crippen LogP contribution in [0.15, 0.2) is 42.6 Å². The molecule has 4 rings (SSSR count). The number of rotatable bonds is 4. The van der Waals surface area contributed by atoms with E-state index in [1.807, 2.05) is 17.8 Å². The van der Waals surface area contributed by atoms with Crippen LogP contribution in [0.5, 0.6) is 0 Å². The van der Waals surface area contributed by atoms with E-state index < -0.39 is 0 Å². The van der Waals surface area contributed by atoms with Crippen LogP contribution in [0.3, 0.4) is 0 Å². The van der Waals surface area contributed by atoms with Crippen LogP contribution in [0.2, 0.25) is 0 Å². The molecule has 0 unspecified atom stereocenters. The van der Waals surface area contributed by atoms with Crippen molar-refractivity contribution in [3.8, 4) is 11.3 Å². The van der Waals surface area contributed by atoms with Crippen molar-refractivity contribution in [2.24, 2.45) is 7.05 Å². The Morgan fingerprint density at radius 2 is 1.69 bits per heavy atom. The van der Waals surface area contributed by atoms with Crippen molar-refractivity contribution in [2.45, 2.75) is 20.4 Å². The first kappa shape index (κ1) is 21.3. The summed E-state index contributed by atoms with van der Waals surface area (Å²) in [6.07, 6.45) is 1.80. The molecule has 0 amide bonds. The number of aromatic nitrogens is 3. The van der Waals surface area contributed by atoms with Crippen LogP contribution in [-0.4, -0.2) is 45.8 Å². The first-order valence-corrected chi connectivity index (χ1v) is 9.70. The van der Waals surface area contributed by atoms with Gasteiger partial charge in [-0.3, -0.25) is 14.6 Å². The Balaban J connectivity index is 0.00000240. The summed E-state index contributed by atoms with van der Waals surface area (Å²) in [5, 5.41) is 4.53. The highest BCUT2D eigenvalue weighted by atomic mass is 35.5. The molecular weight excluding hydrogens is 389 g/mol. The van der Waals surface area contributed by atoms with E-state index >= 15 is 0 Å². The zero-order valence-electron chi connectivity index (χ0n) is 17.1. The summed E-state index contributed by atoms with van der Waals surface area (Å²) in [6, 6.07) is 10.7. The van der Waals surface area contributed by atoms with Crippen LogP contribution in [0.4, 0.5) is 10.1 Å². The van der Waals surface area contributed by atoms with Crippen LogP contribution in [0, 0.1) is 19.7 Å². The predicted octanol–water partition coefficient (Wildman–Crippen LogP) is 3.98. The molecule has 0 spiro atoms. The second-order valence-electron chi connectivity index (χ2n) is 7.41. The lowest BCUT2D eigenvalue weighted by molar-refractivity contribution is 0.249. The summed E-state index contributed by atoms with van der Waals surface area (Å²) >= 11 is 0. The van der Waals surface area contributed by atoms with Crippen molar-refractivity contribution >= 4 is 18.1 Å². The lowest BCUT2D eigenvalue weighted by Gasteiger charge is -2.36. The van der Waals surface area contributed by atoms with Gasteiger partial charge in [0.05, 0.1) is 17.1 Å². The first-order valence-electron chi connectivity index (χ1n) is 9.70. The topological polar surface area (TPSA) is 37.2 Å². The second-order valence-corrected chi connectivity index (χ2v) is 7.41. The minimum atomic E-state index is -0.226. The molecule has 0 atom stereocenters. The third kappa shape index (κ3) is 4.43. The highest BCUT2D eigenvalue weighted by Gasteiger charge is 2.22. The van der Waals surface area contributed by atoms with Crippen LogP contribution >= 0.6 is 12.4 Å². The average molecular weight is 416 g/mol. The maximum atomic E-state index is 13.3. The normalized spacial score (nSPS) is 14.7. The zero-order chi connectivity index (χ0) is 19.7. The Labute approximate surface area is 177 Å². The third-order valence-corrected chi connectivity index (χ3v) is 5.66. The van der Waals surface area contributed by atoms with Gasteiger partial charge >= 0.3 is 0 Å². The molecule has 1 aliphatic heterocycles. The molecule has 0 radical (unpaired) electrons. The fraction of sp³-hybridized carbons (Fsp3) is 0.364. The first-order chi connectivity index (χ1) is 13.5. The number of anilines is 1. The molecule has 7 heteroatoms. The van der Waals surface area contributed by atoms with Gasteiger partial charge in [-0.1, -0.05) is 0 Å². The highest BCUT2D eigenvalue weighted by Crippen LogP contribution is 2.29.